The van der Waals surface area contributed by atoms with Crippen LogP contribution in [0.3, 0.4) is 0 Å². The molecule has 1 aliphatic rings. The van der Waals surface area contributed by atoms with E-state index in [-0.39, 0.29) is 16.7 Å². The minimum Gasteiger partial charge on any atom is -0.372 e. The number of morpholine rings is 1. The molecule has 0 aromatic heterocycles. The molecule has 0 spiro atoms. The lowest BCUT2D eigenvalue weighted by molar-refractivity contribution is -0.384. The van der Waals surface area contributed by atoms with E-state index in [9.17, 15) is 10.1 Å². The highest BCUT2D eigenvalue weighted by Gasteiger charge is 2.20. The molecule has 2 aromatic carbocycles. The Bertz CT molecular complexity index is 683. The van der Waals surface area contributed by atoms with E-state index in [4.69, 9.17) is 4.74 Å². The monoisotopic (exact) mass is 310 g/mol. The minimum atomic E-state index is -0.388. The third-order valence-corrected chi connectivity index (χ3v) is 3.85. The van der Waals surface area contributed by atoms with Crippen LogP contribution in [0.15, 0.2) is 60.8 Å². The van der Waals surface area contributed by atoms with Crippen molar-refractivity contribution in [1.29, 1.82) is 0 Å². The SMILES string of the molecule is O=[N+]([O-])c1ccc([C@@H]2CN(C=Cc3ccccc3)CCO2)cc1. The first-order valence-electron chi connectivity index (χ1n) is 7.55. The summed E-state index contributed by atoms with van der Waals surface area (Å²) in [6.07, 6.45) is 4.10. The van der Waals surface area contributed by atoms with Gasteiger partial charge in [-0.1, -0.05) is 30.3 Å². The number of non-ortho nitro benzene ring substituents is 1. The van der Waals surface area contributed by atoms with E-state index in [1.165, 1.54) is 12.1 Å². The van der Waals surface area contributed by atoms with Gasteiger partial charge in [0, 0.05) is 25.2 Å². The fourth-order valence-electron chi connectivity index (χ4n) is 2.57. The lowest BCUT2D eigenvalue weighted by atomic mass is 10.1. The third kappa shape index (κ3) is 3.96. The Morgan fingerprint density at radius 2 is 1.87 bits per heavy atom. The standard InChI is InChI=1S/C18H18N2O3/c21-20(22)17-8-6-16(7-9-17)18-14-19(12-13-23-18)11-10-15-4-2-1-3-5-15/h1-11,18H,12-14H2/t18-/m0/s1. The Labute approximate surface area is 135 Å². The van der Waals surface area contributed by atoms with Crippen LogP contribution in [0, 0.1) is 10.1 Å². The number of hydrogen-bond acceptors (Lipinski definition) is 4. The average Bonchev–Trinajstić information content (AvgIpc) is 2.61. The van der Waals surface area contributed by atoms with Crippen LogP contribution in [0.2, 0.25) is 0 Å². The number of nitro groups is 1. The van der Waals surface area contributed by atoms with Gasteiger partial charge in [-0.25, -0.2) is 0 Å². The van der Waals surface area contributed by atoms with Gasteiger partial charge in [-0.3, -0.25) is 10.1 Å². The highest BCUT2D eigenvalue weighted by molar-refractivity contribution is 5.48. The van der Waals surface area contributed by atoms with E-state index in [1.54, 1.807) is 12.1 Å². The summed E-state index contributed by atoms with van der Waals surface area (Å²) in [7, 11) is 0. The van der Waals surface area contributed by atoms with Crippen LogP contribution in [0.5, 0.6) is 0 Å². The van der Waals surface area contributed by atoms with Gasteiger partial charge in [0.05, 0.1) is 17.6 Å². The Hall–Kier alpha value is -2.66. The van der Waals surface area contributed by atoms with Crippen molar-refractivity contribution >= 4 is 11.8 Å². The second kappa shape index (κ2) is 7.07. The van der Waals surface area contributed by atoms with Crippen molar-refractivity contribution in [3.05, 3.63) is 82.0 Å². The molecular formula is C18H18N2O3. The second-order valence-corrected chi connectivity index (χ2v) is 5.43. The first kappa shape index (κ1) is 15.2. The molecule has 1 fully saturated rings. The summed E-state index contributed by atoms with van der Waals surface area (Å²) < 4.78 is 5.80. The number of hydrogen-bond donors (Lipinski definition) is 0. The molecule has 2 aromatic rings. The average molecular weight is 310 g/mol. The fourth-order valence-corrected chi connectivity index (χ4v) is 2.57. The maximum atomic E-state index is 10.7. The smallest absolute Gasteiger partial charge is 0.269 e. The van der Waals surface area contributed by atoms with Crippen LogP contribution in [-0.2, 0) is 4.74 Å². The molecule has 1 atom stereocenters. The van der Waals surface area contributed by atoms with E-state index in [0.717, 1.165) is 24.2 Å². The molecule has 5 heteroatoms. The number of ether oxygens (including phenoxy) is 1. The van der Waals surface area contributed by atoms with Crippen LogP contribution in [0.25, 0.3) is 6.08 Å². The van der Waals surface area contributed by atoms with Gasteiger partial charge in [0.25, 0.3) is 5.69 Å². The maximum absolute atomic E-state index is 10.7. The van der Waals surface area contributed by atoms with Crippen molar-refractivity contribution in [2.45, 2.75) is 6.10 Å². The number of rotatable bonds is 4. The third-order valence-electron chi connectivity index (χ3n) is 3.85. The molecule has 0 N–H and O–H groups in total. The normalized spacial score (nSPS) is 18.3. The minimum absolute atomic E-state index is 0.0648. The highest BCUT2D eigenvalue weighted by Crippen LogP contribution is 2.24. The van der Waals surface area contributed by atoms with Crippen molar-refractivity contribution in [3.63, 3.8) is 0 Å². The lowest BCUT2D eigenvalue weighted by Crippen LogP contribution is -2.34. The summed E-state index contributed by atoms with van der Waals surface area (Å²) >= 11 is 0. The molecular weight excluding hydrogens is 292 g/mol. The molecule has 0 unspecified atom stereocenters. The number of nitrogens with zero attached hydrogens (tertiary/aromatic N) is 2. The Balaban J connectivity index is 1.66. The summed E-state index contributed by atoms with van der Waals surface area (Å²) in [6, 6.07) is 16.7. The summed E-state index contributed by atoms with van der Waals surface area (Å²) in [4.78, 5) is 12.5. The van der Waals surface area contributed by atoms with Crippen molar-refractivity contribution in [1.82, 2.24) is 4.90 Å². The molecule has 5 nitrogen and oxygen atoms in total. The molecule has 1 saturated heterocycles. The van der Waals surface area contributed by atoms with E-state index >= 15 is 0 Å². The largest absolute Gasteiger partial charge is 0.372 e. The van der Waals surface area contributed by atoms with Crippen molar-refractivity contribution in [2.75, 3.05) is 19.7 Å². The predicted octanol–water partition coefficient (Wildman–Crippen LogP) is 3.64. The zero-order chi connectivity index (χ0) is 16.1. The second-order valence-electron chi connectivity index (χ2n) is 5.43. The molecule has 0 saturated carbocycles. The zero-order valence-electron chi connectivity index (χ0n) is 12.7. The number of nitro benzene ring substituents is 1. The maximum Gasteiger partial charge on any atom is 0.269 e. The van der Waals surface area contributed by atoms with Crippen LogP contribution in [-0.4, -0.2) is 29.5 Å². The molecule has 0 amide bonds. The van der Waals surface area contributed by atoms with Crippen molar-refractivity contribution in [3.8, 4) is 0 Å². The molecule has 0 radical (unpaired) electrons. The van der Waals surface area contributed by atoms with Gasteiger partial charge in [0.1, 0.15) is 0 Å². The number of benzene rings is 2. The molecule has 23 heavy (non-hydrogen) atoms. The summed E-state index contributed by atoms with van der Waals surface area (Å²) in [5.41, 5.74) is 2.23. The summed E-state index contributed by atoms with van der Waals surface area (Å²) in [6.45, 7) is 2.22. The summed E-state index contributed by atoms with van der Waals surface area (Å²) in [5.74, 6) is 0. The molecule has 118 valence electrons. The van der Waals surface area contributed by atoms with Gasteiger partial charge in [0.15, 0.2) is 0 Å². The summed E-state index contributed by atoms with van der Waals surface area (Å²) in [5, 5.41) is 10.7. The molecule has 0 aliphatic carbocycles. The van der Waals surface area contributed by atoms with Gasteiger partial charge < -0.3 is 9.64 Å². The predicted molar refractivity (Wildman–Crippen MR) is 88.8 cm³/mol. The Morgan fingerprint density at radius 1 is 1.13 bits per heavy atom. The van der Waals surface area contributed by atoms with Gasteiger partial charge >= 0.3 is 0 Å². The van der Waals surface area contributed by atoms with E-state index in [1.807, 2.05) is 18.2 Å². The van der Waals surface area contributed by atoms with Crippen molar-refractivity contribution < 1.29 is 9.66 Å². The van der Waals surface area contributed by atoms with E-state index in [2.05, 4.69) is 29.3 Å². The fraction of sp³-hybridized carbons (Fsp3) is 0.222. The quantitative estimate of drug-likeness (QED) is 0.639. The molecule has 3 rings (SSSR count). The lowest BCUT2D eigenvalue weighted by Gasteiger charge is -2.32. The highest BCUT2D eigenvalue weighted by atomic mass is 16.6. The van der Waals surface area contributed by atoms with Gasteiger partial charge in [-0.2, -0.15) is 0 Å². The van der Waals surface area contributed by atoms with Gasteiger partial charge in [0.2, 0.25) is 0 Å². The van der Waals surface area contributed by atoms with Crippen LogP contribution in [0.1, 0.15) is 17.2 Å². The van der Waals surface area contributed by atoms with Crippen LogP contribution >= 0.6 is 0 Å². The van der Waals surface area contributed by atoms with Gasteiger partial charge in [-0.15, -0.1) is 0 Å². The zero-order valence-corrected chi connectivity index (χ0v) is 12.7. The van der Waals surface area contributed by atoms with Crippen molar-refractivity contribution in [2.24, 2.45) is 0 Å². The van der Waals surface area contributed by atoms with Crippen LogP contribution in [0.4, 0.5) is 5.69 Å². The Kier molecular flexibility index (Phi) is 4.68. The van der Waals surface area contributed by atoms with Gasteiger partial charge in [-0.05, 0) is 35.5 Å². The molecule has 1 aliphatic heterocycles. The molecule has 1 heterocycles. The Morgan fingerprint density at radius 3 is 2.57 bits per heavy atom. The topological polar surface area (TPSA) is 55.6 Å². The first-order valence-corrected chi connectivity index (χ1v) is 7.55. The van der Waals surface area contributed by atoms with E-state index < -0.39 is 0 Å². The van der Waals surface area contributed by atoms with E-state index in [0.29, 0.717) is 6.61 Å². The molecule has 0 bridgehead atoms. The first-order chi connectivity index (χ1) is 11.2. The van der Waals surface area contributed by atoms with Crippen LogP contribution < -0.4 is 0 Å².